The quantitative estimate of drug-likeness (QED) is 0.132. The van der Waals surface area contributed by atoms with Gasteiger partial charge in [0.25, 0.3) is 0 Å². The van der Waals surface area contributed by atoms with Crippen molar-refractivity contribution in [1.82, 2.24) is 0 Å². The SMILES string of the molecule is CC(=N)OC1OC(COCc2ccccc2)C(OCc2ccccc2)C(OCc2ccccc2)C1OCc1ccccc1. The van der Waals surface area contributed by atoms with Crippen LogP contribution in [0, 0.1) is 5.41 Å². The Balaban J connectivity index is 1.42. The molecule has 0 bridgehead atoms. The Morgan fingerprint density at radius 2 is 0.953 bits per heavy atom. The molecule has 1 N–H and O–H groups in total. The van der Waals surface area contributed by atoms with E-state index in [9.17, 15) is 0 Å². The molecule has 0 aromatic heterocycles. The monoisotopic (exact) mass is 581 g/mol. The molecule has 1 fully saturated rings. The third kappa shape index (κ3) is 9.32. The molecule has 0 spiro atoms. The number of hydrogen-bond donors (Lipinski definition) is 1. The second kappa shape index (κ2) is 16.1. The molecule has 4 aromatic carbocycles. The summed E-state index contributed by atoms with van der Waals surface area (Å²) in [7, 11) is 0. The highest BCUT2D eigenvalue weighted by atomic mass is 16.7. The maximum atomic E-state index is 8.12. The Morgan fingerprint density at radius 3 is 1.40 bits per heavy atom. The van der Waals surface area contributed by atoms with Crippen LogP contribution in [0.2, 0.25) is 0 Å². The van der Waals surface area contributed by atoms with Crippen molar-refractivity contribution in [2.45, 2.75) is 64.1 Å². The van der Waals surface area contributed by atoms with Gasteiger partial charge in [0.1, 0.15) is 24.4 Å². The highest BCUT2D eigenvalue weighted by Crippen LogP contribution is 2.31. The molecular weight excluding hydrogens is 542 g/mol. The van der Waals surface area contributed by atoms with Crippen LogP contribution in [0.25, 0.3) is 0 Å². The van der Waals surface area contributed by atoms with Gasteiger partial charge in [-0.3, -0.25) is 5.41 Å². The summed E-state index contributed by atoms with van der Waals surface area (Å²) in [6, 6.07) is 39.9. The second-order valence-electron chi connectivity index (χ2n) is 10.5. The van der Waals surface area contributed by atoms with Crippen LogP contribution in [0.5, 0.6) is 0 Å². The van der Waals surface area contributed by atoms with E-state index in [1.165, 1.54) is 0 Å². The van der Waals surface area contributed by atoms with Crippen LogP contribution in [-0.2, 0) is 54.8 Å². The topological polar surface area (TPSA) is 79.2 Å². The summed E-state index contributed by atoms with van der Waals surface area (Å²) in [6.45, 7) is 3.26. The van der Waals surface area contributed by atoms with Gasteiger partial charge in [0.15, 0.2) is 5.90 Å². The van der Waals surface area contributed by atoms with Crippen molar-refractivity contribution in [1.29, 1.82) is 5.41 Å². The first kappa shape index (κ1) is 30.6. The molecule has 1 aliphatic rings. The Bertz CT molecular complexity index is 1360. The third-order valence-electron chi connectivity index (χ3n) is 7.13. The minimum Gasteiger partial charge on any atom is -0.450 e. The first-order valence-corrected chi connectivity index (χ1v) is 14.6. The van der Waals surface area contributed by atoms with Crippen molar-refractivity contribution in [3.05, 3.63) is 144 Å². The van der Waals surface area contributed by atoms with E-state index in [1.807, 2.05) is 121 Å². The highest BCUT2D eigenvalue weighted by Gasteiger charge is 2.49. The highest BCUT2D eigenvalue weighted by molar-refractivity contribution is 5.69. The van der Waals surface area contributed by atoms with Gasteiger partial charge in [-0.1, -0.05) is 121 Å². The summed E-state index contributed by atoms with van der Waals surface area (Å²) in [5.41, 5.74) is 4.12. The first-order valence-electron chi connectivity index (χ1n) is 14.6. The van der Waals surface area contributed by atoms with Gasteiger partial charge in [0.05, 0.1) is 33.0 Å². The van der Waals surface area contributed by atoms with E-state index in [-0.39, 0.29) is 12.5 Å². The van der Waals surface area contributed by atoms with Crippen LogP contribution in [-0.4, -0.2) is 43.2 Å². The van der Waals surface area contributed by atoms with E-state index in [4.69, 9.17) is 33.8 Å². The summed E-state index contributed by atoms with van der Waals surface area (Å²) in [5, 5.41) is 8.12. The van der Waals surface area contributed by atoms with Gasteiger partial charge in [0.2, 0.25) is 6.29 Å². The van der Waals surface area contributed by atoms with Gasteiger partial charge in [-0.05, 0) is 22.3 Å². The average molecular weight is 582 g/mol. The fourth-order valence-corrected chi connectivity index (χ4v) is 5.02. The largest absolute Gasteiger partial charge is 0.450 e. The molecule has 1 saturated heterocycles. The van der Waals surface area contributed by atoms with Crippen LogP contribution in [0.1, 0.15) is 29.2 Å². The molecule has 43 heavy (non-hydrogen) atoms. The Hall–Kier alpha value is -3.85. The first-order chi connectivity index (χ1) is 21.2. The lowest BCUT2D eigenvalue weighted by molar-refractivity contribution is -0.313. The van der Waals surface area contributed by atoms with Crippen molar-refractivity contribution < 1.29 is 28.4 Å². The molecule has 0 amide bonds. The average Bonchev–Trinajstić information content (AvgIpc) is 3.04. The maximum Gasteiger partial charge on any atom is 0.230 e. The normalized spacial score (nSPS) is 21.7. The lowest BCUT2D eigenvalue weighted by atomic mass is 9.97. The summed E-state index contributed by atoms with van der Waals surface area (Å²) in [6.07, 6.45) is -3.27. The molecule has 1 aliphatic heterocycles. The smallest absolute Gasteiger partial charge is 0.230 e. The predicted molar refractivity (Wildman–Crippen MR) is 164 cm³/mol. The zero-order valence-electron chi connectivity index (χ0n) is 24.4. The molecule has 224 valence electrons. The van der Waals surface area contributed by atoms with Gasteiger partial charge in [-0.2, -0.15) is 0 Å². The van der Waals surface area contributed by atoms with Crippen LogP contribution in [0.3, 0.4) is 0 Å². The lowest BCUT2D eigenvalue weighted by Gasteiger charge is -2.45. The molecule has 5 atom stereocenters. The minimum absolute atomic E-state index is 0.0210. The van der Waals surface area contributed by atoms with E-state index in [2.05, 4.69) is 0 Å². The van der Waals surface area contributed by atoms with E-state index in [0.717, 1.165) is 22.3 Å². The molecular formula is C36H39NO6. The molecule has 7 nitrogen and oxygen atoms in total. The van der Waals surface area contributed by atoms with Gasteiger partial charge in [0, 0.05) is 6.92 Å². The molecule has 5 unspecified atom stereocenters. The van der Waals surface area contributed by atoms with Crippen molar-refractivity contribution >= 4 is 5.90 Å². The van der Waals surface area contributed by atoms with Gasteiger partial charge < -0.3 is 28.4 Å². The third-order valence-corrected chi connectivity index (χ3v) is 7.13. The van der Waals surface area contributed by atoms with Crippen molar-refractivity contribution in [2.24, 2.45) is 0 Å². The fourth-order valence-electron chi connectivity index (χ4n) is 5.02. The molecule has 1 heterocycles. The maximum absolute atomic E-state index is 8.12. The van der Waals surface area contributed by atoms with Crippen LogP contribution < -0.4 is 0 Å². The van der Waals surface area contributed by atoms with E-state index >= 15 is 0 Å². The van der Waals surface area contributed by atoms with Crippen LogP contribution >= 0.6 is 0 Å². The standard InChI is InChI=1S/C36H39NO6/c1-27(37)42-36-35(41-25-31-20-12-5-13-21-31)34(40-24-30-18-10-4-11-19-30)33(39-23-29-16-8-3-9-17-29)32(43-36)26-38-22-28-14-6-2-7-15-28/h2-21,32-37H,22-26H2,1H3. The molecule has 4 aromatic rings. The Morgan fingerprint density at radius 1 is 0.558 bits per heavy atom. The summed E-state index contributed by atoms with van der Waals surface area (Å²) in [4.78, 5) is 0. The van der Waals surface area contributed by atoms with E-state index in [0.29, 0.717) is 26.4 Å². The molecule has 0 saturated carbocycles. The number of hydrogen-bond acceptors (Lipinski definition) is 7. The molecule has 0 radical (unpaired) electrons. The summed E-state index contributed by atoms with van der Waals surface area (Å²) >= 11 is 0. The molecule has 0 aliphatic carbocycles. The second-order valence-corrected chi connectivity index (χ2v) is 10.5. The van der Waals surface area contributed by atoms with Gasteiger partial charge >= 0.3 is 0 Å². The Kier molecular flexibility index (Phi) is 11.5. The zero-order chi connectivity index (χ0) is 29.7. The predicted octanol–water partition coefficient (Wildman–Crippen LogP) is 6.70. The fraction of sp³-hybridized carbons (Fsp3) is 0.306. The van der Waals surface area contributed by atoms with E-state index in [1.54, 1.807) is 6.92 Å². The number of nitrogens with one attached hydrogen (secondary N) is 1. The number of benzene rings is 4. The summed E-state index contributed by atoms with van der Waals surface area (Å²) < 4.78 is 38.3. The minimum atomic E-state index is -0.899. The van der Waals surface area contributed by atoms with Crippen molar-refractivity contribution in [2.75, 3.05) is 6.61 Å². The zero-order valence-corrected chi connectivity index (χ0v) is 24.4. The van der Waals surface area contributed by atoms with Gasteiger partial charge in [-0.25, -0.2) is 0 Å². The summed E-state index contributed by atoms with van der Waals surface area (Å²) in [5.74, 6) is 0.0210. The van der Waals surface area contributed by atoms with E-state index < -0.39 is 30.7 Å². The number of ether oxygens (including phenoxy) is 6. The van der Waals surface area contributed by atoms with Crippen molar-refractivity contribution in [3.63, 3.8) is 0 Å². The number of rotatable bonds is 14. The van der Waals surface area contributed by atoms with Gasteiger partial charge in [-0.15, -0.1) is 0 Å². The van der Waals surface area contributed by atoms with Crippen molar-refractivity contribution in [3.8, 4) is 0 Å². The molecule has 5 rings (SSSR count). The van der Waals surface area contributed by atoms with Crippen LogP contribution in [0.15, 0.2) is 121 Å². The molecule has 7 heteroatoms. The Labute approximate surface area is 253 Å². The lowest BCUT2D eigenvalue weighted by Crippen LogP contribution is -2.62. The van der Waals surface area contributed by atoms with Crippen LogP contribution in [0.4, 0.5) is 0 Å².